The van der Waals surface area contributed by atoms with Crippen molar-refractivity contribution in [3.63, 3.8) is 0 Å². The number of nitrogens with one attached hydrogen (secondary N) is 1. The van der Waals surface area contributed by atoms with E-state index in [0.717, 1.165) is 16.6 Å². The van der Waals surface area contributed by atoms with E-state index in [2.05, 4.69) is 10.3 Å². The second-order valence-electron chi connectivity index (χ2n) is 7.45. The summed E-state index contributed by atoms with van der Waals surface area (Å²) in [5.74, 6) is -0.674. The molecule has 0 radical (unpaired) electrons. The Morgan fingerprint density at radius 2 is 1.66 bits per heavy atom. The van der Waals surface area contributed by atoms with Crippen molar-refractivity contribution < 1.29 is 8.78 Å². The fraction of sp³-hybridized carbons (Fsp3) is 0.0800. The molecule has 3 aromatic carbocycles. The largest absolute Gasteiger partial charge is 0.308 e. The molecule has 5 aromatic rings. The third-order valence-corrected chi connectivity index (χ3v) is 6.04. The van der Waals surface area contributed by atoms with Gasteiger partial charge in [0.25, 0.3) is 0 Å². The molecular weight excluding hydrogens is 451 g/mol. The molecule has 0 fully saturated rings. The zero-order chi connectivity index (χ0) is 22.2. The summed E-state index contributed by atoms with van der Waals surface area (Å²) in [7, 11) is 0. The zero-order valence-corrected chi connectivity index (χ0v) is 18.3. The number of hydrogen-bond donors (Lipinski definition) is 1. The first-order valence-electron chi connectivity index (χ1n) is 10.00. The molecule has 0 bridgehead atoms. The van der Waals surface area contributed by atoms with Crippen LogP contribution in [0.15, 0.2) is 72.9 Å². The number of halogens is 4. The second-order valence-corrected chi connectivity index (χ2v) is 8.29. The molecule has 0 aliphatic carbocycles. The highest BCUT2D eigenvalue weighted by Gasteiger charge is 2.17. The number of fused-ring (bicyclic) bond motifs is 3. The van der Waals surface area contributed by atoms with Gasteiger partial charge in [0.2, 0.25) is 0 Å². The van der Waals surface area contributed by atoms with E-state index in [1.807, 2.05) is 16.5 Å². The molecule has 2 aromatic heterocycles. The van der Waals surface area contributed by atoms with Crippen LogP contribution in [0.4, 0.5) is 8.78 Å². The Morgan fingerprint density at radius 3 is 2.47 bits per heavy atom. The molecule has 0 unspecified atom stereocenters. The Bertz CT molecular complexity index is 1440. The van der Waals surface area contributed by atoms with Gasteiger partial charge < -0.3 is 9.72 Å². The SMILES string of the molecule is Fc1ccccc1-c1cc(CNCc2c(F)cccc2Cl)c2cnc3cc(Cl)ccc3n12. The molecule has 0 saturated carbocycles. The molecule has 32 heavy (non-hydrogen) atoms. The van der Waals surface area contributed by atoms with Crippen molar-refractivity contribution in [2.24, 2.45) is 0 Å². The Balaban J connectivity index is 1.60. The van der Waals surface area contributed by atoms with Gasteiger partial charge in [0, 0.05) is 34.3 Å². The van der Waals surface area contributed by atoms with Crippen LogP contribution in [0.3, 0.4) is 0 Å². The van der Waals surface area contributed by atoms with E-state index in [0.29, 0.717) is 38.9 Å². The van der Waals surface area contributed by atoms with Crippen LogP contribution in [0.25, 0.3) is 27.8 Å². The van der Waals surface area contributed by atoms with Crippen LogP contribution in [0, 0.1) is 11.6 Å². The third-order valence-electron chi connectivity index (χ3n) is 5.45. The lowest BCUT2D eigenvalue weighted by Crippen LogP contribution is -2.14. The average Bonchev–Trinajstić information content (AvgIpc) is 3.14. The third kappa shape index (κ3) is 3.73. The van der Waals surface area contributed by atoms with Gasteiger partial charge in [-0.15, -0.1) is 0 Å². The van der Waals surface area contributed by atoms with E-state index in [1.54, 1.807) is 48.7 Å². The van der Waals surface area contributed by atoms with Crippen molar-refractivity contribution in [2.45, 2.75) is 13.1 Å². The predicted molar refractivity (Wildman–Crippen MR) is 125 cm³/mol. The Hall–Kier alpha value is -2.99. The van der Waals surface area contributed by atoms with Gasteiger partial charge in [-0.3, -0.25) is 4.98 Å². The van der Waals surface area contributed by atoms with Gasteiger partial charge in [0.15, 0.2) is 0 Å². The maximum Gasteiger partial charge on any atom is 0.132 e. The van der Waals surface area contributed by atoms with Gasteiger partial charge in [-0.1, -0.05) is 41.4 Å². The standard InChI is InChI=1S/C25H17Cl2F2N3/c26-16-8-9-23-22(11-16)31-14-25-15(12-30-13-18-19(27)5-3-7-21(18)29)10-24(32(23)25)17-4-1-2-6-20(17)28/h1-11,14,30H,12-13H2. The molecular formula is C25H17Cl2F2N3. The summed E-state index contributed by atoms with van der Waals surface area (Å²) in [5.41, 5.74) is 4.83. The van der Waals surface area contributed by atoms with Gasteiger partial charge in [-0.2, -0.15) is 0 Å². The number of rotatable bonds is 5. The monoisotopic (exact) mass is 467 g/mol. The molecule has 0 atom stereocenters. The number of nitrogens with zero attached hydrogens (tertiary/aromatic N) is 2. The summed E-state index contributed by atoms with van der Waals surface area (Å²) in [5, 5.41) is 4.20. The van der Waals surface area contributed by atoms with E-state index < -0.39 is 0 Å². The lowest BCUT2D eigenvalue weighted by atomic mass is 10.1. The van der Waals surface area contributed by atoms with Crippen LogP contribution < -0.4 is 5.32 Å². The Kier molecular flexibility index (Phi) is 5.55. The minimum Gasteiger partial charge on any atom is -0.308 e. The van der Waals surface area contributed by atoms with Gasteiger partial charge in [0.1, 0.15) is 11.6 Å². The molecule has 5 rings (SSSR count). The van der Waals surface area contributed by atoms with Crippen LogP contribution >= 0.6 is 23.2 Å². The van der Waals surface area contributed by atoms with Crippen molar-refractivity contribution >= 4 is 39.8 Å². The van der Waals surface area contributed by atoms with E-state index >= 15 is 0 Å². The maximum absolute atomic E-state index is 14.7. The Labute approximate surface area is 193 Å². The molecule has 2 heterocycles. The number of aromatic nitrogens is 2. The van der Waals surface area contributed by atoms with Crippen LogP contribution in [0.5, 0.6) is 0 Å². The molecule has 1 N–H and O–H groups in total. The van der Waals surface area contributed by atoms with Gasteiger partial charge >= 0.3 is 0 Å². The quantitative estimate of drug-likeness (QED) is 0.300. The average molecular weight is 468 g/mol. The first-order chi connectivity index (χ1) is 15.5. The smallest absolute Gasteiger partial charge is 0.132 e. The van der Waals surface area contributed by atoms with Crippen LogP contribution in [0.2, 0.25) is 10.0 Å². The first-order valence-corrected chi connectivity index (χ1v) is 10.8. The summed E-state index contributed by atoms with van der Waals surface area (Å²) in [6, 6.07) is 18.6. The lowest BCUT2D eigenvalue weighted by molar-refractivity contribution is 0.588. The highest BCUT2D eigenvalue weighted by molar-refractivity contribution is 6.31. The number of benzene rings is 3. The van der Waals surface area contributed by atoms with Crippen LogP contribution in [0.1, 0.15) is 11.1 Å². The minimum absolute atomic E-state index is 0.258. The molecule has 3 nitrogen and oxygen atoms in total. The molecule has 0 aliphatic rings. The van der Waals surface area contributed by atoms with Gasteiger partial charge in [-0.25, -0.2) is 8.78 Å². The summed E-state index contributed by atoms with van der Waals surface area (Å²) in [6.07, 6.45) is 1.75. The molecule has 160 valence electrons. The van der Waals surface area contributed by atoms with E-state index in [9.17, 15) is 8.78 Å². The highest BCUT2D eigenvalue weighted by atomic mass is 35.5. The van der Waals surface area contributed by atoms with Crippen molar-refractivity contribution in [2.75, 3.05) is 0 Å². The van der Waals surface area contributed by atoms with Gasteiger partial charge in [0.05, 0.1) is 28.4 Å². The second kappa shape index (κ2) is 8.51. The van der Waals surface area contributed by atoms with Crippen molar-refractivity contribution in [3.8, 4) is 11.3 Å². The fourth-order valence-electron chi connectivity index (χ4n) is 3.93. The lowest BCUT2D eigenvalue weighted by Gasteiger charge is -2.09. The fourth-order valence-corrected chi connectivity index (χ4v) is 4.33. The maximum atomic E-state index is 14.7. The highest BCUT2D eigenvalue weighted by Crippen LogP contribution is 2.32. The molecule has 0 spiro atoms. The van der Waals surface area contributed by atoms with Gasteiger partial charge in [-0.05, 0) is 54.1 Å². The first kappa shape index (κ1) is 20.9. The minimum atomic E-state index is -0.358. The molecule has 7 heteroatoms. The van der Waals surface area contributed by atoms with Crippen LogP contribution in [-0.4, -0.2) is 9.38 Å². The van der Waals surface area contributed by atoms with E-state index in [-0.39, 0.29) is 18.2 Å². The summed E-state index contributed by atoms with van der Waals surface area (Å²) in [4.78, 5) is 4.55. The summed E-state index contributed by atoms with van der Waals surface area (Å²) in [6.45, 7) is 0.678. The summed E-state index contributed by atoms with van der Waals surface area (Å²) < 4.78 is 30.8. The molecule has 0 saturated heterocycles. The van der Waals surface area contributed by atoms with Crippen molar-refractivity contribution in [1.29, 1.82) is 0 Å². The van der Waals surface area contributed by atoms with Crippen molar-refractivity contribution in [1.82, 2.24) is 14.7 Å². The molecule has 0 amide bonds. The summed E-state index contributed by atoms with van der Waals surface area (Å²) >= 11 is 12.3. The normalized spacial score (nSPS) is 11.5. The zero-order valence-electron chi connectivity index (χ0n) is 16.7. The van der Waals surface area contributed by atoms with Crippen LogP contribution in [-0.2, 0) is 13.1 Å². The topological polar surface area (TPSA) is 29.3 Å². The molecule has 0 aliphatic heterocycles. The van der Waals surface area contributed by atoms with E-state index in [4.69, 9.17) is 23.2 Å². The number of hydrogen-bond acceptors (Lipinski definition) is 2. The van der Waals surface area contributed by atoms with E-state index in [1.165, 1.54) is 12.1 Å². The Morgan fingerprint density at radius 1 is 0.844 bits per heavy atom. The van der Waals surface area contributed by atoms with Crippen molar-refractivity contribution in [3.05, 3.63) is 106 Å². The predicted octanol–water partition coefficient (Wildman–Crippen LogP) is 7.03.